The van der Waals surface area contributed by atoms with E-state index < -0.39 is 0 Å². The molecule has 0 unspecified atom stereocenters. The number of pyridine rings is 1. The maximum absolute atomic E-state index is 7.48. The summed E-state index contributed by atoms with van der Waals surface area (Å²) in [6, 6.07) is 9.53. The van der Waals surface area contributed by atoms with Crippen LogP contribution in [0.3, 0.4) is 0 Å². The van der Waals surface area contributed by atoms with Crippen molar-refractivity contribution in [3.8, 4) is 5.75 Å². The standard InChI is InChI=1S/C14H14BrN3O/c1-9-4-5-12(11(15)7-9)19-8-10-3-2-6-18-13(10)14(16)17/h2-7H,8H2,1H3,(H3,16,17). The molecule has 0 aliphatic carbocycles. The van der Waals surface area contributed by atoms with Gasteiger partial charge in [0, 0.05) is 11.8 Å². The Hall–Kier alpha value is -1.88. The lowest BCUT2D eigenvalue weighted by Gasteiger charge is -2.11. The van der Waals surface area contributed by atoms with Gasteiger partial charge in [-0.05, 0) is 46.6 Å². The first kappa shape index (κ1) is 13.5. The van der Waals surface area contributed by atoms with Crippen molar-refractivity contribution in [1.29, 1.82) is 5.41 Å². The van der Waals surface area contributed by atoms with Crippen molar-refractivity contribution in [2.75, 3.05) is 0 Å². The van der Waals surface area contributed by atoms with Crippen LogP contribution in [-0.2, 0) is 6.61 Å². The van der Waals surface area contributed by atoms with Crippen LogP contribution in [0.2, 0.25) is 0 Å². The van der Waals surface area contributed by atoms with Crippen molar-refractivity contribution in [3.05, 3.63) is 57.8 Å². The van der Waals surface area contributed by atoms with E-state index in [-0.39, 0.29) is 5.84 Å². The molecule has 0 amide bonds. The van der Waals surface area contributed by atoms with E-state index >= 15 is 0 Å². The second-order valence-corrected chi connectivity index (χ2v) is 5.00. The Kier molecular flexibility index (Phi) is 4.16. The average Bonchev–Trinajstić information content (AvgIpc) is 2.38. The molecule has 0 saturated heterocycles. The van der Waals surface area contributed by atoms with Crippen LogP contribution in [-0.4, -0.2) is 10.8 Å². The van der Waals surface area contributed by atoms with Gasteiger partial charge in [0.2, 0.25) is 0 Å². The summed E-state index contributed by atoms with van der Waals surface area (Å²) >= 11 is 3.46. The zero-order chi connectivity index (χ0) is 13.8. The number of ether oxygens (including phenoxy) is 1. The molecule has 0 fully saturated rings. The maximum atomic E-state index is 7.48. The number of nitrogen functional groups attached to an aromatic ring is 1. The number of nitrogens with zero attached hydrogens (tertiary/aromatic N) is 1. The summed E-state index contributed by atoms with van der Waals surface area (Å²) in [6.07, 6.45) is 1.61. The summed E-state index contributed by atoms with van der Waals surface area (Å²) in [5.41, 5.74) is 7.90. The molecule has 1 heterocycles. The molecule has 1 aromatic carbocycles. The minimum atomic E-state index is -0.0535. The van der Waals surface area contributed by atoms with Crippen molar-refractivity contribution in [3.63, 3.8) is 0 Å². The number of nitrogens with two attached hydrogens (primary N) is 1. The largest absolute Gasteiger partial charge is 0.488 e. The molecule has 0 bridgehead atoms. The summed E-state index contributed by atoms with van der Waals surface area (Å²) in [6.45, 7) is 2.34. The number of nitrogens with one attached hydrogen (secondary N) is 1. The molecular weight excluding hydrogens is 306 g/mol. The van der Waals surface area contributed by atoms with Gasteiger partial charge in [-0.25, -0.2) is 0 Å². The van der Waals surface area contributed by atoms with Crippen LogP contribution < -0.4 is 10.5 Å². The van der Waals surface area contributed by atoms with E-state index in [0.29, 0.717) is 12.3 Å². The average molecular weight is 320 g/mol. The number of hydrogen-bond acceptors (Lipinski definition) is 3. The SMILES string of the molecule is Cc1ccc(OCc2cccnc2C(=N)N)c(Br)c1. The molecule has 19 heavy (non-hydrogen) atoms. The van der Waals surface area contributed by atoms with Gasteiger partial charge >= 0.3 is 0 Å². The van der Waals surface area contributed by atoms with E-state index in [1.165, 1.54) is 0 Å². The zero-order valence-corrected chi connectivity index (χ0v) is 12.1. The lowest BCUT2D eigenvalue weighted by Crippen LogP contribution is -2.16. The van der Waals surface area contributed by atoms with Gasteiger partial charge in [-0.2, -0.15) is 0 Å². The van der Waals surface area contributed by atoms with Gasteiger partial charge in [-0.3, -0.25) is 10.4 Å². The first-order chi connectivity index (χ1) is 9.08. The van der Waals surface area contributed by atoms with Gasteiger partial charge < -0.3 is 10.5 Å². The topological polar surface area (TPSA) is 72.0 Å². The molecule has 3 N–H and O–H groups in total. The second kappa shape index (κ2) is 5.84. The van der Waals surface area contributed by atoms with Crippen molar-refractivity contribution in [2.45, 2.75) is 13.5 Å². The van der Waals surface area contributed by atoms with Crippen LogP contribution in [0.1, 0.15) is 16.8 Å². The van der Waals surface area contributed by atoms with Crippen LogP contribution in [0.15, 0.2) is 41.0 Å². The number of amidine groups is 1. The molecule has 4 nitrogen and oxygen atoms in total. The first-order valence-electron chi connectivity index (χ1n) is 5.75. The first-order valence-corrected chi connectivity index (χ1v) is 6.54. The normalized spacial score (nSPS) is 10.2. The third-order valence-corrected chi connectivity index (χ3v) is 3.24. The molecule has 0 saturated carbocycles. The van der Waals surface area contributed by atoms with E-state index in [0.717, 1.165) is 21.3 Å². The van der Waals surface area contributed by atoms with Gasteiger partial charge in [-0.1, -0.05) is 12.1 Å². The highest BCUT2D eigenvalue weighted by Crippen LogP contribution is 2.26. The third kappa shape index (κ3) is 3.32. The number of rotatable bonds is 4. The molecule has 0 atom stereocenters. The Labute approximate surface area is 120 Å². The Balaban J connectivity index is 2.17. The van der Waals surface area contributed by atoms with Crippen LogP contribution in [0, 0.1) is 12.3 Å². The molecule has 2 rings (SSSR count). The van der Waals surface area contributed by atoms with Crippen LogP contribution in [0.5, 0.6) is 5.75 Å². The molecule has 0 aliphatic heterocycles. The van der Waals surface area contributed by atoms with Crippen LogP contribution >= 0.6 is 15.9 Å². The van der Waals surface area contributed by atoms with Gasteiger partial charge in [0.15, 0.2) is 0 Å². The summed E-state index contributed by atoms with van der Waals surface area (Å²) in [4.78, 5) is 4.09. The lowest BCUT2D eigenvalue weighted by molar-refractivity contribution is 0.303. The number of hydrogen-bond donors (Lipinski definition) is 2. The summed E-state index contributed by atoms with van der Waals surface area (Å²) in [5.74, 6) is 0.700. The van der Waals surface area contributed by atoms with Crippen molar-refractivity contribution < 1.29 is 4.74 Å². The van der Waals surface area contributed by atoms with E-state index in [2.05, 4.69) is 20.9 Å². The highest BCUT2D eigenvalue weighted by molar-refractivity contribution is 9.10. The number of aromatic nitrogens is 1. The highest BCUT2D eigenvalue weighted by atomic mass is 79.9. The predicted octanol–water partition coefficient (Wildman–Crippen LogP) is 3.02. The predicted molar refractivity (Wildman–Crippen MR) is 78.5 cm³/mol. The van der Waals surface area contributed by atoms with E-state index in [1.807, 2.05) is 31.2 Å². The molecule has 0 radical (unpaired) electrons. The van der Waals surface area contributed by atoms with Crippen molar-refractivity contribution in [2.24, 2.45) is 5.73 Å². The summed E-state index contributed by atoms with van der Waals surface area (Å²) < 4.78 is 6.63. The van der Waals surface area contributed by atoms with Crippen LogP contribution in [0.25, 0.3) is 0 Å². The van der Waals surface area contributed by atoms with Crippen molar-refractivity contribution >= 4 is 21.8 Å². The summed E-state index contributed by atoms with van der Waals surface area (Å²) in [5, 5.41) is 7.48. The van der Waals surface area contributed by atoms with Gasteiger partial charge in [0.1, 0.15) is 23.9 Å². The van der Waals surface area contributed by atoms with E-state index in [9.17, 15) is 0 Å². The Morgan fingerprint density at radius 3 is 2.89 bits per heavy atom. The molecule has 98 valence electrons. The van der Waals surface area contributed by atoms with E-state index in [4.69, 9.17) is 15.9 Å². The summed E-state index contributed by atoms with van der Waals surface area (Å²) in [7, 11) is 0. The monoisotopic (exact) mass is 319 g/mol. The molecular formula is C14H14BrN3O. The van der Waals surface area contributed by atoms with Crippen molar-refractivity contribution in [1.82, 2.24) is 4.98 Å². The smallest absolute Gasteiger partial charge is 0.142 e. The zero-order valence-electron chi connectivity index (χ0n) is 10.5. The fourth-order valence-electron chi connectivity index (χ4n) is 1.68. The fourth-order valence-corrected chi connectivity index (χ4v) is 2.28. The van der Waals surface area contributed by atoms with E-state index in [1.54, 1.807) is 12.3 Å². The molecule has 2 aromatic rings. The molecule has 0 spiro atoms. The van der Waals surface area contributed by atoms with Gasteiger partial charge in [0.25, 0.3) is 0 Å². The Bertz CT molecular complexity index is 613. The Morgan fingerprint density at radius 2 is 2.21 bits per heavy atom. The molecule has 1 aromatic heterocycles. The fraction of sp³-hybridized carbons (Fsp3) is 0.143. The minimum Gasteiger partial charge on any atom is -0.488 e. The van der Waals surface area contributed by atoms with Gasteiger partial charge in [0.05, 0.1) is 4.47 Å². The number of aryl methyl sites for hydroxylation is 1. The van der Waals surface area contributed by atoms with Crippen LogP contribution in [0.4, 0.5) is 0 Å². The number of halogens is 1. The second-order valence-electron chi connectivity index (χ2n) is 4.15. The minimum absolute atomic E-state index is 0.0535. The molecule has 5 heteroatoms. The highest BCUT2D eigenvalue weighted by Gasteiger charge is 2.08. The Morgan fingerprint density at radius 1 is 1.42 bits per heavy atom. The maximum Gasteiger partial charge on any atom is 0.142 e. The van der Waals surface area contributed by atoms with Gasteiger partial charge in [-0.15, -0.1) is 0 Å². The molecule has 0 aliphatic rings. The number of benzene rings is 1. The quantitative estimate of drug-likeness (QED) is 0.672. The lowest BCUT2D eigenvalue weighted by atomic mass is 10.2. The third-order valence-electron chi connectivity index (χ3n) is 2.62.